The van der Waals surface area contributed by atoms with Crippen LogP contribution in [0.5, 0.6) is 5.75 Å². The summed E-state index contributed by atoms with van der Waals surface area (Å²) in [4.78, 5) is 22.3. The fraction of sp³-hybridized carbons (Fsp3) is 0.333. The van der Waals surface area contributed by atoms with E-state index in [0.717, 1.165) is 29.6 Å². The fourth-order valence-corrected chi connectivity index (χ4v) is 3.89. The van der Waals surface area contributed by atoms with Gasteiger partial charge in [-0.15, -0.1) is 0 Å². The molecule has 1 aliphatic rings. The molecule has 0 spiro atoms. The van der Waals surface area contributed by atoms with E-state index in [1.54, 1.807) is 23.1 Å². The van der Waals surface area contributed by atoms with Crippen LogP contribution in [0, 0.1) is 5.82 Å². The van der Waals surface area contributed by atoms with Gasteiger partial charge in [-0.05, 0) is 38.0 Å². The summed E-state index contributed by atoms with van der Waals surface area (Å²) in [6.45, 7) is 2.86. The zero-order valence-corrected chi connectivity index (χ0v) is 16.5. The van der Waals surface area contributed by atoms with Gasteiger partial charge in [0.15, 0.2) is 5.16 Å². The molecule has 0 radical (unpaired) electrons. The van der Waals surface area contributed by atoms with E-state index in [2.05, 4.69) is 9.97 Å². The number of amides is 1. The van der Waals surface area contributed by atoms with Crippen LogP contribution >= 0.6 is 11.8 Å². The third-order valence-corrected chi connectivity index (χ3v) is 5.54. The van der Waals surface area contributed by atoms with E-state index in [1.807, 2.05) is 25.1 Å². The Morgan fingerprint density at radius 3 is 2.89 bits per heavy atom. The van der Waals surface area contributed by atoms with Crippen LogP contribution in [0.4, 0.5) is 4.39 Å². The number of hydrogen-bond donors (Lipinski definition) is 1. The van der Waals surface area contributed by atoms with Crippen molar-refractivity contribution in [3.8, 4) is 5.75 Å². The second-order valence-corrected chi connectivity index (χ2v) is 7.75. The van der Waals surface area contributed by atoms with Gasteiger partial charge in [-0.2, -0.15) is 0 Å². The quantitative estimate of drug-likeness (QED) is 0.571. The number of carbonyl (C=O) groups excluding carboxylic acids is 1. The second kappa shape index (κ2) is 8.22. The molecular formula is C21H22FN3O2S. The fourth-order valence-electron chi connectivity index (χ4n) is 3.12. The first-order valence-corrected chi connectivity index (χ1v) is 10.4. The third-order valence-electron chi connectivity index (χ3n) is 4.68. The number of rotatable bonds is 8. The first-order valence-electron chi connectivity index (χ1n) is 9.42. The molecule has 0 aliphatic heterocycles. The maximum Gasteiger partial charge on any atom is 0.233 e. The van der Waals surface area contributed by atoms with Gasteiger partial charge in [-0.25, -0.2) is 9.37 Å². The molecule has 28 heavy (non-hydrogen) atoms. The highest BCUT2D eigenvalue weighted by molar-refractivity contribution is 7.99. The summed E-state index contributed by atoms with van der Waals surface area (Å²) in [5.74, 6) is 0.793. The Bertz CT molecular complexity index is 987. The van der Waals surface area contributed by atoms with E-state index < -0.39 is 0 Å². The van der Waals surface area contributed by atoms with Gasteiger partial charge >= 0.3 is 0 Å². The number of aromatic nitrogens is 2. The number of imidazole rings is 1. The Kier molecular flexibility index (Phi) is 5.52. The van der Waals surface area contributed by atoms with Crippen LogP contribution < -0.4 is 4.74 Å². The number of H-pyrrole nitrogens is 1. The second-order valence-electron chi connectivity index (χ2n) is 6.79. The van der Waals surface area contributed by atoms with Crippen molar-refractivity contribution in [2.45, 2.75) is 37.5 Å². The van der Waals surface area contributed by atoms with E-state index in [0.29, 0.717) is 23.9 Å². The summed E-state index contributed by atoms with van der Waals surface area (Å²) in [7, 11) is 0. The Balaban J connectivity index is 1.42. The Hall–Kier alpha value is -2.54. The van der Waals surface area contributed by atoms with Crippen LogP contribution in [-0.4, -0.2) is 39.2 Å². The van der Waals surface area contributed by atoms with Gasteiger partial charge in [-0.3, -0.25) is 4.79 Å². The molecule has 146 valence electrons. The summed E-state index contributed by atoms with van der Waals surface area (Å²) < 4.78 is 19.5. The van der Waals surface area contributed by atoms with Crippen LogP contribution in [0.15, 0.2) is 47.6 Å². The molecule has 1 aliphatic carbocycles. The lowest BCUT2D eigenvalue weighted by Crippen LogP contribution is -2.34. The smallest absolute Gasteiger partial charge is 0.233 e. The van der Waals surface area contributed by atoms with Gasteiger partial charge in [0.2, 0.25) is 5.91 Å². The minimum Gasteiger partial charge on any atom is -0.494 e. The molecule has 1 amide bonds. The van der Waals surface area contributed by atoms with Gasteiger partial charge in [-0.1, -0.05) is 30.0 Å². The molecule has 7 heteroatoms. The predicted octanol–water partition coefficient (Wildman–Crippen LogP) is 4.38. The third kappa shape index (κ3) is 4.30. The molecule has 1 aromatic heterocycles. The number of ether oxygens (including phenoxy) is 1. The van der Waals surface area contributed by atoms with Crippen LogP contribution in [0.2, 0.25) is 0 Å². The van der Waals surface area contributed by atoms with E-state index in [1.165, 1.54) is 17.8 Å². The summed E-state index contributed by atoms with van der Waals surface area (Å²) in [6.07, 6.45) is 1.96. The first kappa shape index (κ1) is 18.8. The minimum atomic E-state index is -0.268. The topological polar surface area (TPSA) is 58.2 Å². The van der Waals surface area contributed by atoms with Crippen molar-refractivity contribution in [3.05, 3.63) is 53.8 Å². The molecule has 1 heterocycles. The highest BCUT2D eigenvalue weighted by atomic mass is 32.2. The number of aromatic amines is 1. The number of halogens is 1. The Morgan fingerprint density at radius 1 is 1.32 bits per heavy atom. The number of hydrogen-bond acceptors (Lipinski definition) is 4. The number of thioether (sulfide) groups is 1. The molecule has 1 fully saturated rings. The lowest BCUT2D eigenvalue weighted by molar-refractivity contribution is -0.129. The SMILES string of the molecule is CCOc1ccc2nc(SCC(=O)N(Cc3ccccc3F)C3CC3)[nH]c2c1. The number of benzene rings is 2. The molecule has 1 saturated carbocycles. The highest BCUT2D eigenvalue weighted by Gasteiger charge is 2.33. The highest BCUT2D eigenvalue weighted by Crippen LogP contribution is 2.30. The maximum absolute atomic E-state index is 14.0. The number of fused-ring (bicyclic) bond motifs is 1. The summed E-state index contributed by atoms with van der Waals surface area (Å²) >= 11 is 1.37. The maximum atomic E-state index is 14.0. The monoisotopic (exact) mass is 399 g/mol. The zero-order chi connectivity index (χ0) is 19.5. The number of carbonyl (C=O) groups is 1. The molecule has 0 bridgehead atoms. The molecule has 3 aromatic rings. The van der Waals surface area contributed by atoms with Gasteiger partial charge in [0, 0.05) is 24.2 Å². The molecule has 0 unspecified atom stereocenters. The van der Waals surface area contributed by atoms with Crippen molar-refractivity contribution < 1.29 is 13.9 Å². The van der Waals surface area contributed by atoms with E-state index in [-0.39, 0.29) is 23.5 Å². The van der Waals surface area contributed by atoms with Crippen molar-refractivity contribution in [2.24, 2.45) is 0 Å². The van der Waals surface area contributed by atoms with Crippen LogP contribution in [0.3, 0.4) is 0 Å². The normalized spacial score (nSPS) is 13.6. The molecular weight excluding hydrogens is 377 g/mol. The molecule has 1 N–H and O–H groups in total. The van der Waals surface area contributed by atoms with Gasteiger partial charge in [0.25, 0.3) is 0 Å². The lowest BCUT2D eigenvalue weighted by atomic mass is 10.2. The molecule has 0 atom stereocenters. The standard InChI is InChI=1S/C21H22FN3O2S/c1-2-27-16-9-10-18-19(11-16)24-21(23-18)28-13-20(26)25(15-7-8-15)12-14-5-3-4-6-17(14)22/h3-6,9-11,15H,2,7-8,12-13H2,1H3,(H,23,24). The molecule has 0 saturated heterocycles. The van der Waals surface area contributed by atoms with Crippen molar-refractivity contribution in [1.29, 1.82) is 0 Å². The largest absolute Gasteiger partial charge is 0.494 e. The summed E-state index contributed by atoms with van der Waals surface area (Å²) in [5.41, 5.74) is 2.27. The first-order chi connectivity index (χ1) is 13.6. The van der Waals surface area contributed by atoms with E-state index in [9.17, 15) is 9.18 Å². The van der Waals surface area contributed by atoms with Crippen LogP contribution in [-0.2, 0) is 11.3 Å². The van der Waals surface area contributed by atoms with Gasteiger partial charge in [0.1, 0.15) is 11.6 Å². The van der Waals surface area contributed by atoms with Gasteiger partial charge < -0.3 is 14.6 Å². The average molecular weight is 399 g/mol. The number of nitrogens with one attached hydrogen (secondary N) is 1. The van der Waals surface area contributed by atoms with E-state index in [4.69, 9.17) is 4.74 Å². The molecule has 5 nitrogen and oxygen atoms in total. The predicted molar refractivity (Wildman–Crippen MR) is 108 cm³/mol. The minimum absolute atomic E-state index is 0.00575. The van der Waals surface area contributed by atoms with Crippen molar-refractivity contribution in [3.63, 3.8) is 0 Å². The van der Waals surface area contributed by atoms with Crippen molar-refractivity contribution in [1.82, 2.24) is 14.9 Å². The zero-order valence-electron chi connectivity index (χ0n) is 15.7. The molecule has 2 aromatic carbocycles. The van der Waals surface area contributed by atoms with Crippen LogP contribution in [0.25, 0.3) is 11.0 Å². The van der Waals surface area contributed by atoms with Gasteiger partial charge in [0.05, 0.1) is 23.4 Å². The van der Waals surface area contributed by atoms with Crippen molar-refractivity contribution in [2.75, 3.05) is 12.4 Å². The van der Waals surface area contributed by atoms with Crippen molar-refractivity contribution >= 4 is 28.7 Å². The Morgan fingerprint density at radius 2 is 2.14 bits per heavy atom. The van der Waals surface area contributed by atoms with E-state index >= 15 is 0 Å². The average Bonchev–Trinajstić information content (AvgIpc) is 3.45. The lowest BCUT2D eigenvalue weighted by Gasteiger charge is -2.22. The van der Waals surface area contributed by atoms with Crippen LogP contribution in [0.1, 0.15) is 25.3 Å². The molecule has 4 rings (SSSR count). The summed E-state index contributed by atoms with van der Waals surface area (Å²) in [5, 5.41) is 0.693. The number of nitrogens with zero attached hydrogens (tertiary/aromatic N) is 2. The Labute approximate surface area is 167 Å². The summed E-state index contributed by atoms with van der Waals surface area (Å²) in [6, 6.07) is 12.5.